The lowest BCUT2D eigenvalue weighted by atomic mass is 10.0. The zero-order valence-electron chi connectivity index (χ0n) is 12.3. The van der Waals surface area contributed by atoms with Crippen LogP contribution in [0.1, 0.15) is 25.0 Å². The van der Waals surface area contributed by atoms with Gasteiger partial charge in [-0.15, -0.1) is 0 Å². The second kappa shape index (κ2) is 6.55. The number of aryl methyl sites for hydroxylation is 1. The number of hydrogen-bond acceptors (Lipinski definition) is 4. The fourth-order valence-corrected chi connectivity index (χ4v) is 3.06. The average molecular weight is 276 g/mol. The van der Waals surface area contributed by atoms with Crippen molar-refractivity contribution in [2.24, 2.45) is 5.92 Å². The summed E-state index contributed by atoms with van der Waals surface area (Å²) in [6.45, 7) is 7.35. The lowest BCUT2D eigenvalue weighted by molar-refractivity contribution is 0.0850. The Morgan fingerprint density at radius 1 is 1.30 bits per heavy atom. The highest BCUT2D eigenvalue weighted by molar-refractivity contribution is 5.15. The highest BCUT2D eigenvalue weighted by Gasteiger charge is 2.24. The SMILES string of the molecule is Cc1cccc(OC2CCN(C[C@H]3CCOC3)CC2)n1. The quantitative estimate of drug-likeness (QED) is 0.845. The molecule has 2 saturated heterocycles. The number of piperidine rings is 1. The normalized spacial score (nSPS) is 24.9. The van der Waals surface area contributed by atoms with Crippen LogP contribution in [0.5, 0.6) is 5.88 Å². The summed E-state index contributed by atoms with van der Waals surface area (Å²) < 4.78 is 11.4. The number of rotatable bonds is 4. The maximum atomic E-state index is 5.99. The molecule has 2 fully saturated rings. The summed E-state index contributed by atoms with van der Waals surface area (Å²) in [6.07, 6.45) is 3.75. The largest absolute Gasteiger partial charge is 0.474 e. The van der Waals surface area contributed by atoms with E-state index >= 15 is 0 Å². The first-order valence-electron chi connectivity index (χ1n) is 7.70. The van der Waals surface area contributed by atoms with Crippen molar-refractivity contribution in [3.8, 4) is 5.88 Å². The number of hydrogen-bond donors (Lipinski definition) is 0. The van der Waals surface area contributed by atoms with Gasteiger partial charge in [0.2, 0.25) is 5.88 Å². The van der Waals surface area contributed by atoms with E-state index in [4.69, 9.17) is 9.47 Å². The molecule has 3 rings (SSSR count). The minimum Gasteiger partial charge on any atom is -0.474 e. The van der Waals surface area contributed by atoms with Gasteiger partial charge in [0.1, 0.15) is 6.10 Å². The van der Waals surface area contributed by atoms with E-state index in [0.717, 1.165) is 56.6 Å². The van der Waals surface area contributed by atoms with E-state index in [-0.39, 0.29) is 0 Å². The highest BCUT2D eigenvalue weighted by Crippen LogP contribution is 2.20. The molecule has 3 heterocycles. The molecule has 2 aliphatic rings. The van der Waals surface area contributed by atoms with Crippen LogP contribution in [0.2, 0.25) is 0 Å². The summed E-state index contributed by atoms with van der Waals surface area (Å²) in [5, 5.41) is 0. The standard InChI is InChI=1S/C16H24N2O2/c1-13-3-2-4-16(17-13)20-15-5-8-18(9-6-15)11-14-7-10-19-12-14/h2-4,14-15H,5-12H2,1H3/t14-/m1/s1. The second-order valence-corrected chi connectivity index (χ2v) is 5.96. The van der Waals surface area contributed by atoms with Crippen molar-refractivity contribution in [2.75, 3.05) is 32.8 Å². The lowest BCUT2D eigenvalue weighted by Crippen LogP contribution is -2.40. The van der Waals surface area contributed by atoms with Gasteiger partial charge in [0.25, 0.3) is 0 Å². The van der Waals surface area contributed by atoms with Crippen molar-refractivity contribution in [1.29, 1.82) is 0 Å². The predicted octanol–water partition coefficient (Wildman–Crippen LogP) is 2.27. The molecule has 2 aliphatic heterocycles. The van der Waals surface area contributed by atoms with Crippen LogP contribution in [-0.4, -0.2) is 48.8 Å². The molecule has 0 radical (unpaired) electrons. The predicted molar refractivity (Wildman–Crippen MR) is 78.0 cm³/mol. The molecule has 0 amide bonds. The topological polar surface area (TPSA) is 34.6 Å². The second-order valence-electron chi connectivity index (χ2n) is 5.96. The van der Waals surface area contributed by atoms with Crippen LogP contribution in [-0.2, 0) is 4.74 Å². The van der Waals surface area contributed by atoms with E-state index in [2.05, 4.69) is 9.88 Å². The zero-order valence-corrected chi connectivity index (χ0v) is 12.3. The fourth-order valence-electron chi connectivity index (χ4n) is 3.06. The van der Waals surface area contributed by atoms with E-state index in [9.17, 15) is 0 Å². The summed E-state index contributed by atoms with van der Waals surface area (Å²) in [5.74, 6) is 1.51. The molecule has 0 aromatic carbocycles. The summed E-state index contributed by atoms with van der Waals surface area (Å²) in [7, 11) is 0. The first-order valence-corrected chi connectivity index (χ1v) is 7.70. The Morgan fingerprint density at radius 3 is 2.85 bits per heavy atom. The Hall–Kier alpha value is -1.13. The number of nitrogens with zero attached hydrogens (tertiary/aromatic N) is 2. The molecule has 0 N–H and O–H groups in total. The van der Waals surface area contributed by atoms with Gasteiger partial charge in [0.15, 0.2) is 0 Å². The molecule has 0 aliphatic carbocycles. The summed E-state index contributed by atoms with van der Waals surface area (Å²) in [5.41, 5.74) is 1.01. The van der Waals surface area contributed by atoms with Gasteiger partial charge >= 0.3 is 0 Å². The monoisotopic (exact) mass is 276 g/mol. The van der Waals surface area contributed by atoms with Gasteiger partial charge in [-0.1, -0.05) is 6.07 Å². The van der Waals surface area contributed by atoms with E-state index < -0.39 is 0 Å². The molecule has 0 spiro atoms. The lowest BCUT2D eigenvalue weighted by Gasteiger charge is -2.33. The van der Waals surface area contributed by atoms with Crippen molar-refractivity contribution in [3.05, 3.63) is 23.9 Å². The number of likely N-dealkylation sites (tertiary alicyclic amines) is 1. The third-order valence-corrected chi connectivity index (χ3v) is 4.23. The molecule has 1 aromatic heterocycles. The average Bonchev–Trinajstić information content (AvgIpc) is 2.94. The first kappa shape index (κ1) is 13.8. The molecule has 1 aromatic rings. The van der Waals surface area contributed by atoms with Crippen molar-refractivity contribution >= 4 is 0 Å². The summed E-state index contributed by atoms with van der Waals surface area (Å²) >= 11 is 0. The molecule has 20 heavy (non-hydrogen) atoms. The first-order chi connectivity index (χ1) is 9.79. The van der Waals surface area contributed by atoms with E-state index in [1.54, 1.807) is 0 Å². The molecule has 4 nitrogen and oxygen atoms in total. The Balaban J connectivity index is 1.43. The van der Waals surface area contributed by atoms with E-state index in [1.165, 1.54) is 13.0 Å². The molecule has 1 atom stereocenters. The van der Waals surface area contributed by atoms with Gasteiger partial charge < -0.3 is 14.4 Å². The van der Waals surface area contributed by atoms with Crippen LogP contribution in [0.4, 0.5) is 0 Å². The molecule has 4 heteroatoms. The van der Waals surface area contributed by atoms with Crippen LogP contribution >= 0.6 is 0 Å². The Kier molecular flexibility index (Phi) is 4.53. The Bertz CT molecular complexity index is 424. The summed E-state index contributed by atoms with van der Waals surface area (Å²) in [4.78, 5) is 6.98. The third-order valence-electron chi connectivity index (χ3n) is 4.23. The van der Waals surface area contributed by atoms with Crippen molar-refractivity contribution in [1.82, 2.24) is 9.88 Å². The third kappa shape index (κ3) is 3.70. The van der Waals surface area contributed by atoms with Crippen LogP contribution in [0, 0.1) is 12.8 Å². The van der Waals surface area contributed by atoms with Gasteiger partial charge in [-0.2, -0.15) is 0 Å². The Labute approximate surface area is 121 Å². The Morgan fingerprint density at radius 2 is 2.15 bits per heavy atom. The molecular formula is C16H24N2O2. The number of pyridine rings is 1. The van der Waals surface area contributed by atoms with Crippen LogP contribution in [0.3, 0.4) is 0 Å². The van der Waals surface area contributed by atoms with Crippen molar-refractivity contribution < 1.29 is 9.47 Å². The van der Waals surface area contributed by atoms with Gasteiger partial charge in [-0.3, -0.25) is 0 Å². The van der Waals surface area contributed by atoms with Gasteiger partial charge in [0.05, 0.1) is 6.61 Å². The minimum atomic E-state index is 0.320. The fraction of sp³-hybridized carbons (Fsp3) is 0.688. The minimum absolute atomic E-state index is 0.320. The molecular weight excluding hydrogens is 252 g/mol. The van der Waals surface area contributed by atoms with Crippen molar-refractivity contribution in [3.63, 3.8) is 0 Å². The number of aromatic nitrogens is 1. The highest BCUT2D eigenvalue weighted by atomic mass is 16.5. The smallest absolute Gasteiger partial charge is 0.213 e. The van der Waals surface area contributed by atoms with E-state index in [0.29, 0.717) is 6.10 Å². The zero-order chi connectivity index (χ0) is 13.8. The maximum absolute atomic E-state index is 5.99. The molecule has 110 valence electrons. The van der Waals surface area contributed by atoms with Crippen molar-refractivity contribution in [2.45, 2.75) is 32.3 Å². The summed E-state index contributed by atoms with van der Waals surface area (Å²) in [6, 6.07) is 5.96. The maximum Gasteiger partial charge on any atom is 0.213 e. The molecule has 0 unspecified atom stereocenters. The molecule has 0 bridgehead atoms. The van der Waals surface area contributed by atoms with Crippen LogP contribution in [0.15, 0.2) is 18.2 Å². The van der Waals surface area contributed by atoms with Gasteiger partial charge in [0, 0.05) is 38.0 Å². The number of ether oxygens (including phenoxy) is 2. The molecule has 0 saturated carbocycles. The van der Waals surface area contributed by atoms with Crippen LogP contribution in [0.25, 0.3) is 0 Å². The van der Waals surface area contributed by atoms with Crippen LogP contribution < -0.4 is 4.74 Å². The van der Waals surface area contributed by atoms with Gasteiger partial charge in [-0.25, -0.2) is 4.98 Å². The van der Waals surface area contributed by atoms with Gasteiger partial charge in [-0.05, 0) is 38.2 Å². The van der Waals surface area contributed by atoms with E-state index in [1.807, 2.05) is 25.1 Å².